The van der Waals surface area contributed by atoms with Gasteiger partial charge in [0.2, 0.25) is 35.4 Å². The van der Waals surface area contributed by atoms with Crippen molar-refractivity contribution in [3.05, 3.63) is 58.7 Å². The molecule has 8 N–H and O–H groups in total. The standard InChI is InChI=1S/C58H82N6O8/c1-36(2)49(63-51(68)45(59)19-13-14-32-60-48(66)35-72-42-17-11-9-8-10-12-18-42)52(69)61-37(3)50(67)62-40-24-20-38-22-26-46-55(4,43(38)33-40)28-15-30-57(46,6)53(70)64-54(71)58(7)31-16-29-56(5)44-34-41(65)25-21-39(44)23-27-47(56)58/h20-21,24-25,33-34,36-37,42,45-47,49,65H,8-11,13-17,19,22-23,26-32,35,59H2,1-7H3,(H,60,66)(H,61,69)(H,62,67)(H,63,68)(H,64,70,71)/t37-,42?,45+,46+,47+,49?,55+,56+,57-,58-/m0/s1. The summed E-state index contributed by atoms with van der Waals surface area (Å²) in [5, 5.41) is 24.9. The van der Waals surface area contributed by atoms with Crippen molar-refractivity contribution in [3.63, 3.8) is 0 Å². The van der Waals surface area contributed by atoms with Crippen molar-refractivity contribution in [2.75, 3.05) is 18.5 Å². The van der Waals surface area contributed by atoms with Crippen LogP contribution in [0.5, 0.6) is 5.75 Å². The van der Waals surface area contributed by atoms with Crippen LogP contribution in [0.25, 0.3) is 0 Å². The SMILES string of the molecule is CC(C)C(NC(=O)[C@H](N)CCCCNC(=O)COC1C#CCCCCC1)C(=O)N[C@@H](C)C(=O)Nc1ccc2c(c1)[C@@]1(C)CCC[C@](C)(C(=O)NC(=O)[C@@]3(C)CCC[C@]4(C)c5cc(O)ccc5CC[C@@H]34)[C@@H]1CC2. The van der Waals surface area contributed by atoms with Gasteiger partial charge in [0.05, 0.1) is 16.9 Å². The second-order valence-electron chi connectivity index (χ2n) is 23.2. The number of aryl methyl sites for hydroxylation is 2. The molecule has 0 bridgehead atoms. The van der Waals surface area contributed by atoms with Gasteiger partial charge in [0.1, 0.15) is 30.5 Å². The normalized spacial score (nSPS) is 28.8. The van der Waals surface area contributed by atoms with Crippen LogP contribution in [0, 0.1) is 40.4 Å². The third-order valence-electron chi connectivity index (χ3n) is 17.8. The zero-order valence-corrected chi connectivity index (χ0v) is 44.0. The van der Waals surface area contributed by atoms with Crippen molar-refractivity contribution in [1.82, 2.24) is 21.3 Å². The molecule has 10 atom stereocenters. The molecule has 0 aromatic heterocycles. The minimum Gasteiger partial charge on any atom is -0.508 e. The van der Waals surface area contributed by atoms with Crippen molar-refractivity contribution in [1.29, 1.82) is 0 Å². The Labute approximate surface area is 427 Å². The lowest BCUT2D eigenvalue weighted by molar-refractivity contribution is -0.150. The average molecular weight is 991 g/mol. The Morgan fingerprint density at radius 1 is 0.736 bits per heavy atom. The van der Waals surface area contributed by atoms with Gasteiger partial charge < -0.3 is 36.8 Å². The molecule has 0 saturated heterocycles. The molecular formula is C58H82N6O8. The van der Waals surface area contributed by atoms with Crippen LogP contribution in [0.4, 0.5) is 5.69 Å². The molecule has 72 heavy (non-hydrogen) atoms. The van der Waals surface area contributed by atoms with Crippen molar-refractivity contribution >= 4 is 41.1 Å². The molecule has 0 aliphatic heterocycles. The number of rotatable bonds is 17. The zero-order chi connectivity index (χ0) is 52.0. The summed E-state index contributed by atoms with van der Waals surface area (Å²) in [5.41, 5.74) is 9.20. The molecule has 7 rings (SSSR count). The predicted octanol–water partition coefficient (Wildman–Crippen LogP) is 7.31. The number of carbonyl (C=O) groups is 6. The minimum atomic E-state index is -0.937. The van der Waals surface area contributed by atoms with E-state index < -0.39 is 52.1 Å². The molecular weight excluding hydrogens is 909 g/mol. The lowest BCUT2D eigenvalue weighted by Gasteiger charge is -2.56. The third-order valence-corrected chi connectivity index (χ3v) is 17.8. The van der Waals surface area contributed by atoms with Gasteiger partial charge in [-0.3, -0.25) is 34.1 Å². The molecule has 392 valence electrons. The maximum Gasteiger partial charge on any atom is 0.246 e. The summed E-state index contributed by atoms with van der Waals surface area (Å²) in [6, 6.07) is 8.84. The molecule has 5 aliphatic rings. The van der Waals surface area contributed by atoms with E-state index in [2.05, 4.69) is 52.3 Å². The second kappa shape index (κ2) is 22.9. The molecule has 6 amide bonds. The lowest BCUT2D eigenvalue weighted by Crippen LogP contribution is -2.60. The van der Waals surface area contributed by atoms with Gasteiger partial charge in [-0.1, -0.05) is 78.9 Å². The number of hydrogen-bond donors (Lipinski definition) is 7. The maximum atomic E-state index is 14.7. The molecule has 14 nitrogen and oxygen atoms in total. The first-order valence-corrected chi connectivity index (χ1v) is 27.0. The Balaban J connectivity index is 0.907. The van der Waals surface area contributed by atoms with E-state index in [1.54, 1.807) is 13.0 Å². The number of ether oxygens (including phenoxy) is 1. The zero-order valence-electron chi connectivity index (χ0n) is 44.0. The quantitative estimate of drug-likeness (QED) is 0.0480. The van der Waals surface area contributed by atoms with E-state index in [0.29, 0.717) is 44.3 Å². The maximum absolute atomic E-state index is 14.7. The number of imide groups is 1. The summed E-state index contributed by atoms with van der Waals surface area (Å²) in [5.74, 6) is 4.11. The first-order chi connectivity index (χ1) is 34.2. The number of unbranched alkanes of at least 4 members (excludes halogenated alkanes) is 1. The van der Waals surface area contributed by atoms with E-state index in [4.69, 9.17) is 10.5 Å². The van der Waals surface area contributed by atoms with Gasteiger partial charge in [-0.25, -0.2) is 0 Å². The molecule has 0 radical (unpaired) electrons. The largest absolute Gasteiger partial charge is 0.508 e. The van der Waals surface area contributed by atoms with E-state index in [1.165, 1.54) is 11.1 Å². The minimum absolute atomic E-state index is 0.0244. The van der Waals surface area contributed by atoms with Crippen LogP contribution >= 0.6 is 0 Å². The third kappa shape index (κ3) is 11.7. The molecule has 5 aliphatic carbocycles. The fourth-order valence-electron chi connectivity index (χ4n) is 13.5. The van der Waals surface area contributed by atoms with Crippen molar-refractivity contribution < 1.29 is 38.6 Å². The first kappa shape index (κ1) is 54.5. The number of amides is 6. The number of phenols is 1. The van der Waals surface area contributed by atoms with Gasteiger partial charge in [-0.05, 0) is 172 Å². The van der Waals surface area contributed by atoms with Gasteiger partial charge in [0.25, 0.3) is 0 Å². The number of benzene rings is 2. The second-order valence-corrected chi connectivity index (χ2v) is 23.2. The Kier molecular flexibility index (Phi) is 17.3. The van der Waals surface area contributed by atoms with Gasteiger partial charge in [0.15, 0.2) is 0 Å². The Morgan fingerprint density at radius 3 is 2.00 bits per heavy atom. The highest BCUT2D eigenvalue weighted by Gasteiger charge is 2.58. The molecule has 2 aromatic carbocycles. The highest BCUT2D eigenvalue weighted by atomic mass is 16.5. The van der Waals surface area contributed by atoms with Crippen LogP contribution in [0.1, 0.15) is 173 Å². The van der Waals surface area contributed by atoms with Crippen LogP contribution in [0.2, 0.25) is 0 Å². The van der Waals surface area contributed by atoms with Gasteiger partial charge >= 0.3 is 0 Å². The highest BCUT2D eigenvalue weighted by molar-refractivity contribution is 6.01. The van der Waals surface area contributed by atoms with E-state index in [-0.39, 0.29) is 59.4 Å². The Morgan fingerprint density at radius 2 is 1.36 bits per heavy atom. The number of anilines is 1. The summed E-state index contributed by atoms with van der Waals surface area (Å²) in [6.45, 7) is 14.1. The number of hydrogen-bond acceptors (Lipinski definition) is 9. The molecule has 0 spiro atoms. The number of phenolic OH excluding ortho intramolecular Hbond substituents is 1. The highest BCUT2D eigenvalue weighted by Crippen LogP contribution is 2.60. The van der Waals surface area contributed by atoms with Crippen molar-refractivity contribution in [2.45, 2.75) is 199 Å². The molecule has 2 fully saturated rings. The van der Waals surface area contributed by atoms with Crippen LogP contribution in [0.15, 0.2) is 36.4 Å². The van der Waals surface area contributed by atoms with E-state index in [1.807, 2.05) is 58.0 Å². The van der Waals surface area contributed by atoms with Crippen molar-refractivity contribution in [3.8, 4) is 17.6 Å². The van der Waals surface area contributed by atoms with Crippen LogP contribution in [-0.2, 0) is 57.2 Å². The number of nitrogens with two attached hydrogens (primary N) is 1. The molecule has 2 saturated carbocycles. The molecule has 14 heteroatoms. The topological polar surface area (TPSA) is 218 Å². The number of fused-ring (bicyclic) bond motifs is 6. The first-order valence-electron chi connectivity index (χ1n) is 27.0. The van der Waals surface area contributed by atoms with Gasteiger partial charge in [-0.2, -0.15) is 0 Å². The Hall–Kier alpha value is -5.26. The van der Waals surface area contributed by atoms with Gasteiger partial charge in [0, 0.05) is 18.7 Å². The average Bonchev–Trinajstić information content (AvgIpc) is 3.32. The fraction of sp³-hybridized carbons (Fsp3) is 0.655. The smallest absolute Gasteiger partial charge is 0.246 e. The number of aromatic hydroxyl groups is 1. The summed E-state index contributed by atoms with van der Waals surface area (Å²) in [6.07, 6.45) is 14.3. The molecule has 0 heterocycles. The predicted molar refractivity (Wildman–Crippen MR) is 278 cm³/mol. The molecule has 2 aromatic rings. The van der Waals surface area contributed by atoms with Crippen LogP contribution in [-0.4, -0.2) is 77.9 Å². The van der Waals surface area contributed by atoms with E-state index >= 15 is 0 Å². The monoisotopic (exact) mass is 991 g/mol. The van der Waals surface area contributed by atoms with Crippen LogP contribution < -0.4 is 32.3 Å². The van der Waals surface area contributed by atoms with E-state index in [9.17, 15) is 33.9 Å². The molecule has 2 unspecified atom stereocenters. The summed E-state index contributed by atoms with van der Waals surface area (Å²) in [7, 11) is 0. The van der Waals surface area contributed by atoms with E-state index in [0.717, 1.165) is 94.6 Å². The lowest BCUT2D eigenvalue weighted by atomic mass is 9.49. The summed E-state index contributed by atoms with van der Waals surface area (Å²) >= 11 is 0. The van der Waals surface area contributed by atoms with Gasteiger partial charge in [-0.15, -0.1) is 5.92 Å². The summed E-state index contributed by atoms with van der Waals surface area (Å²) in [4.78, 5) is 82.1. The Bertz CT molecular complexity index is 2430. The number of nitrogens with one attached hydrogen (secondary N) is 5. The number of carbonyl (C=O) groups excluding carboxylic acids is 6. The van der Waals surface area contributed by atoms with Crippen LogP contribution in [0.3, 0.4) is 0 Å². The fourth-order valence-corrected chi connectivity index (χ4v) is 13.5. The van der Waals surface area contributed by atoms with Crippen molar-refractivity contribution in [2.24, 2.45) is 34.3 Å². The summed E-state index contributed by atoms with van der Waals surface area (Å²) < 4.78 is 5.70.